The van der Waals surface area contributed by atoms with Gasteiger partial charge >= 0.3 is 0 Å². The van der Waals surface area contributed by atoms with Crippen molar-refractivity contribution in [2.24, 2.45) is 0 Å². The normalized spacial score (nSPS) is 19.2. The quantitative estimate of drug-likeness (QED) is 0.701. The van der Waals surface area contributed by atoms with Gasteiger partial charge in [0.25, 0.3) is 5.91 Å². The molecule has 2 aliphatic heterocycles. The smallest absolute Gasteiger partial charge is 0.256 e. The van der Waals surface area contributed by atoms with Gasteiger partial charge in [0.15, 0.2) is 0 Å². The average Bonchev–Trinajstić information content (AvgIpc) is 2.73. The van der Waals surface area contributed by atoms with Crippen LogP contribution in [0, 0.1) is 0 Å². The Kier molecular flexibility index (Phi) is 6.83. The summed E-state index contributed by atoms with van der Waals surface area (Å²) in [7, 11) is -0.624. The van der Waals surface area contributed by atoms with Crippen molar-refractivity contribution in [3.8, 4) is 0 Å². The van der Waals surface area contributed by atoms with Crippen molar-refractivity contribution in [2.45, 2.75) is 24.8 Å². The lowest BCUT2D eigenvalue weighted by molar-refractivity contribution is 0.0595. The number of benzene rings is 1. The van der Waals surface area contributed by atoms with Gasteiger partial charge in [-0.05, 0) is 32.0 Å². The molecule has 9 heteroatoms. The van der Waals surface area contributed by atoms with Crippen LogP contribution in [0.2, 0.25) is 0 Å². The number of carbonyl (C=O) groups is 1. The van der Waals surface area contributed by atoms with Crippen molar-refractivity contribution >= 4 is 21.6 Å². The van der Waals surface area contributed by atoms with Gasteiger partial charge in [-0.1, -0.05) is 0 Å². The van der Waals surface area contributed by atoms with Gasteiger partial charge in [-0.3, -0.25) is 9.69 Å². The molecule has 2 fully saturated rings. The predicted molar refractivity (Wildman–Crippen MR) is 113 cm³/mol. The molecule has 0 unspecified atom stereocenters. The van der Waals surface area contributed by atoms with Crippen LogP contribution in [0.1, 0.15) is 24.2 Å². The molecule has 3 rings (SSSR count). The Morgan fingerprint density at radius 3 is 2.21 bits per heavy atom. The molecule has 0 saturated carbocycles. The van der Waals surface area contributed by atoms with E-state index in [0.717, 1.165) is 18.8 Å². The largest absolute Gasteiger partial charge is 0.378 e. The number of carbonyl (C=O) groups excluding carboxylic acids is 1. The lowest BCUT2D eigenvalue weighted by Crippen LogP contribution is -2.51. The number of rotatable bonds is 5. The number of anilines is 1. The molecule has 0 N–H and O–H groups in total. The summed E-state index contributed by atoms with van der Waals surface area (Å²) in [5, 5.41) is 0. The molecule has 2 heterocycles. The summed E-state index contributed by atoms with van der Waals surface area (Å²) < 4.78 is 31.9. The van der Waals surface area contributed by atoms with Gasteiger partial charge in [0.1, 0.15) is 0 Å². The van der Waals surface area contributed by atoms with E-state index in [9.17, 15) is 13.2 Å². The second kappa shape index (κ2) is 8.99. The molecule has 1 aromatic rings. The van der Waals surface area contributed by atoms with Crippen molar-refractivity contribution in [3.05, 3.63) is 23.8 Å². The molecule has 162 valence electrons. The van der Waals surface area contributed by atoms with Crippen LogP contribution in [0.25, 0.3) is 0 Å². The van der Waals surface area contributed by atoms with Crippen molar-refractivity contribution in [1.82, 2.24) is 14.1 Å². The van der Waals surface area contributed by atoms with Gasteiger partial charge in [0.05, 0.1) is 23.7 Å². The molecule has 8 nitrogen and oxygen atoms in total. The Morgan fingerprint density at radius 2 is 1.66 bits per heavy atom. The number of amides is 1. The third kappa shape index (κ3) is 4.74. The molecule has 1 amide bonds. The van der Waals surface area contributed by atoms with Gasteiger partial charge in [-0.2, -0.15) is 0 Å². The molecular weight excluding hydrogens is 392 g/mol. The molecule has 2 saturated heterocycles. The highest BCUT2D eigenvalue weighted by Crippen LogP contribution is 2.28. The first-order chi connectivity index (χ1) is 13.7. The standard InChI is InChI=1S/C20H32N4O4S/c1-16(2)22-7-9-24(10-8-22)20(25)18-15-17(29(26,27)21(3)4)5-6-19(18)23-11-13-28-14-12-23/h5-6,15-16H,7-14H2,1-4H3. The van der Waals surface area contributed by atoms with Crippen LogP contribution in [0.4, 0.5) is 5.69 Å². The van der Waals surface area contributed by atoms with Gasteiger partial charge < -0.3 is 14.5 Å². The number of piperazine rings is 1. The lowest BCUT2D eigenvalue weighted by Gasteiger charge is -2.38. The van der Waals surface area contributed by atoms with E-state index in [-0.39, 0.29) is 10.8 Å². The van der Waals surface area contributed by atoms with Crippen LogP contribution in [-0.4, -0.2) is 101 Å². The van der Waals surface area contributed by atoms with Crippen LogP contribution in [0.3, 0.4) is 0 Å². The molecule has 0 bridgehead atoms. The number of hydrogen-bond acceptors (Lipinski definition) is 6. The van der Waals surface area contributed by atoms with E-state index in [2.05, 4.69) is 23.6 Å². The Bertz CT molecular complexity index is 827. The second-order valence-corrected chi connectivity index (χ2v) is 10.1. The number of nitrogens with zero attached hydrogens (tertiary/aromatic N) is 4. The Labute approximate surface area is 174 Å². The molecule has 0 aromatic heterocycles. The second-order valence-electron chi connectivity index (χ2n) is 7.99. The first-order valence-corrected chi connectivity index (χ1v) is 11.6. The summed E-state index contributed by atoms with van der Waals surface area (Å²) in [5.41, 5.74) is 1.23. The van der Waals surface area contributed by atoms with Gasteiger partial charge in [-0.15, -0.1) is 0 Å². The number of hydrogen-bond donors (Lipinski definition) is 0. The molecule has 0 radical (unpaired) electrons. The van der Waals surface area contributed by atoms with Gasteiger partial charge in [0, 0.05) is 65.1 Å². The summed E-state index contributed by atoms with van der Waals surface area (Å²) in [5.74, 6) is -0.106. The predicted octanol–water partition coefficient (Wildman–Crippen LogP) is 0.940. The Hall–Kier alpha value is -1.68. The molecule has 0 spiro atoms. The minimum Gasteiger partial charge on any atom is -0.378 e. The summed E-state index contributed by atoms with van der Waals surface area (Å²) in [6.07, 6.45) is 0. The van der Waals surface area contributed by atoms with Gasteiger partial charge in [0.2, 0.25) is 10.0 Å². The number of morpholine rings is 1. The summed E-state index contributed by atoms with van der Waals surface area (Å²) in [6, 6.07) is 5.34. The van der Waals surface area contributed by atoms with Crippen molar-refractivity contribution in [1.29, 1.82) is 0 Å². The molecule has 1 aromatic carbocycles. The van der Waals surface area contributed by atoms with Crippen LogP contribution in [0.5, 0.6) is 0 Å². The fraction of sp³-hybridized carbons (Fsp3) is 0.650. The van der Waals surface area contributed by atoms with E-state index in [1.54, 1.807) is 12.1 Å². The molecule has 0 aliphatic carbocycles. The van der Waals surface area contributed by atoms with Crippen LogP contribution < -0.4 is 4.90 Å². The van der Waals surface area contributed by atoms with Crippen LogP contribution in [-0.2, 0) is 14.8 Å². The molecule has 0 atom stereocenters. The maximum Gasteiger partial charge on any atom is 0.256 e. The Morgan fingerprint density at radius 1 is 1.03 bits per heavy atom. The van der Waals surface area contributed by atoms with E-state index >= 15 is 0 Å². The Balaban J connectivity index is 1.94. The van der Waals surface area contributed by atoms with Gasteiger partial charge in [-0.25, -0.2) is 12.7 Å². The van der Waals surface area contributed by atoms with Crippen LogP contribution >= 0.6 is 0 Å². The van der Waals surface area contributed by atoms with E-state index in [1.165, 1.54) is 24.5 Å². The highest BCUT2D eigenvalue weighted by molar-refractivity contribution is 7.89. The highest BCUT2D eigenvalue weighted by Gasteiger charge is 2.29. The molecule has 2 aliphatic rings. The van der Waals surface area contributed by atoms with E-state index in [4.69, 9.17) is 4.74 Å². The lowest BCUT2D eigenvalue weighted by atomic mass is 10.1. The van der Waals surface area contributed by atoms with E-state index < -0.39 is 10.0 Å². The fourth-order valence-corrected chi connectivity index (χ4v) is 4.68. The first kappa shape index (κ1) is 22.0. The number of sulfonamides is 1. The third-order valence-corrected chi connectivity index (χ3v) is 7.47. The van der Waals surface area contributed by atoms with Crippen LogP contribution in [0.15, 0.2) is 23.1 Å². The number of ether oxygens (including phenoxy) is 1. The summed E-state index contributed by atoms with van der Waals surface area (Å²) >= 11 is 0. The maximum atomic E-state index is 13.4. The third-order valence-electron chi connectivity index (χ3n) is 5.66. The monoisotopic (exact) mass is 424 g/mol. The molecule has 29 heavy (non-hydrogen) atoms. The first-order valence-electron chi connectivity index (χ1n) is 10.1. The topological polar surface area (TPSA) is 73.4 Å². The summed E-state index contributed by atoms with van der Waals surface area (Å²) in [4.78, 5) is 19.9. The summed E-state index contributed by atoms with van der Waals surface area (Å²) in [6.45, 7) is 9.80. The zero-order valence-electron chi connectivity index (χ0n) is 17.8. The fourth-order valence-electron chi connectivity index (χ4n) is 3.75. The zero-order chi connectivity index (χ0) is 21.2. The minimum absolute atomic E-state index is 0.106. The molecular formula is C20H32N4O4S. The average molecular weight is 425 g/mol. The zero-order valence-corrected chi connectivity index (χ0v) is 18.6. The SMILES string of the molecule is CC(C)N1CCN(C(=O)c2cc(S(=O)(=O)N(C)C)ccc2N2CCOCC2)CC1. The maximum absolute atomic E-state index is 13.4. The highest BCUT2D eigenvalue weighted by atomic mass is 32.2. The minimum atomic E-state index is -3.62. The van der Waals surface area contributed by atoms with E-state index in [1.807, 2.05) is 4.90 Å². The van der Waals surface area contributed by atoms with E-state index in [0.29, 0.717) is 51.0 Å². The van der Waals surface area contributed by atoms with Crippen molar-refractivity contribution in [2.75, 3.05) is 71.5 Å². The van der Waals surface area contributed by atoms with Crippen molar-refractivity contribution in [3.63, 3.8) is 0 Å². The van der Waals surface area contributed by atoms with Crippen molar-refractivity contribution < 1.29 is 17.9 Å².